The zero-order chi connectivity index (χ0) is 30.7. The summed E-state index contributed by atoms with van der Waals surface area (Å²) in [6.45, 7) is -0.134. The minimum atomic E-state index is -4.46. The van der Waals surface area contributed by atoms with Gasteiger partial charge in [-0.25, -0.2) is 8.42 Å². The second-order valence-electron chi connectivity index (χ2n) is 10.8. The second kappa shape index (κ2) is 12.7. The van der Waals surface area contributed by atoms with Gasteiger partial charge in [-0.05, 0) is 82.1 Å². The molecular weight excluding hydrogens is 569 g/mol. The number of fused-ring (bicyclic) bond motifs is 1. The summed E-state index contributed by atoms with van der Waals surface area (Å²) in [5, 5.41) is 6.74. The van der Waals surface area contributed by atoms with Gasteiger partial charge in [-0.15, -0.1) is 0 Å². The summed E-state index contributed by atoms with van der Waals surface area (Å²) in [5.41, 5.74) is 1.53. The Balaban J connectivity index is 1.59. The first-order valence-electron chi connectivity index (χ1n) is 13.6. The van der Waals surface area contributed by atoms with Gasteiger partial charge in [-0.3, -0.25) is 4.79 Å². The number of nitrogens with zero attached hydrogens (tertiary/aromatic N) is 2. The van der Waals surface area contributed by atoms with Gasteiger partial charge >= 0.3 is 6.18 Å². The number of carbonyl (C=O) groups is 1. The Labute approximate surface area is 244 Å². The van der Waals surface area contributed by atoms with E-state index in [9.17, 15) is 26.4 Å². The Bertz CT molecular complexity index is 1610. The maximum Gasteiger partial charge on any atom is 0.406 e. The third-order valence-corrected chi connectivity index (χ3v) is 8.39. The third-order valence-electron chi connectivity index (χ3n) is 7.28. The first kappa shape index (κ1) is 31.3. The minimum absolute atomic E-state index is 0.00323. The zero-order valence-electron chi connectivity index (χ0n) is 24.0. The Morgan fingerprint density at radius 3 is 2.43 bits per heavy atom. The van der Waals surface area contributed by atoms with Crippen LogP contribution in [-0.4, -0.2) is 69.0 Å². The van der Waals surface area contributed by atoms with Gasteiger partial charge in [0.05, 0.1) is 21.8 Å². The van der Waals surface area contributed by atoms with Gasteiger partial charge in [0, 0.05) is 36.3 Å². The summed E-state index contributed by atoms with van der Waals surface area (Å²) < 4.78 is 71.4. The van der Waals surface area contributed by atoms with Gasteiger partial charge in [0.2, 0.25) is 5.91 Å². The van der Waals surface area contributed by atoms with Crippen molar-refractivity contribution in [3.63, 3.8) is 0 Å². The maximum atomic E-state index is 13.6. The van der Waals surface area contributed by atoms with Crippen LogP contribution in [-0.2, 0) is 21.2 Å². The number of hydrogen-bond acceptors (Lipinski definition) is 6. The number of ether oxygens (including phenoxy) is 1. The molecule has 2 N–H and O–H groups in total. The molecule has 0 unspecified atom stereocenters. The van der Waals surface area contributed by atoms with E-state index in [0.717, 1.165) is 42.2 Å². The van der Waals surface area contributed by atoms with Crippen molar-refractivity contribution in [3.05, 3.63) is 48.2 Å². The fourth-order valence-electron chi connectivity index (χ4n) is 5.21. The lowest BCUT2D eigenvalue weighted by Crippen LogP contribution is -2.36. The van der Waals surface area contributed by atoms with Crippen LogP contribution in [0.2, 0.25) is 0 Å². The molecule has 4 rings (SSSR count). The largest absolute Gasteiger partial charge is 0.479 e. The molecule has 0 radical (unpaired) electrons. The van der Waals surface area contributed by atoms with Crippen molar-refractivity contribution in [3.8, 4) is 17.6 Å². The standard InChI is InChI=1S/C30H35F3N4O4S/c1-20(38)34-27-18-24(42(4,39)40)14-15-29(27)41-16-6-7-23-17-25-26(35-21-10-12-22(13-11-21)36(2)3)8-5-9-28(25)37(23)19-30(31,32)33/h5,8-9,14-15,17-18,21-22,35H,10-13,16,19H2,1-4H3,(H,34,38)/t21-,22-. The van der Waals surface area contributed by atoms with Gasteiger partial charge in [0.1, 0.15) is 18.9 Å². The van der Waals surface area contributed by atoms with E-state index in [1.165, 1.54) is 25.1 Å². The molecule has 3 aromatic rings. The maximum absolute atomic E-state index is 13.6. The molecule has 42 heavy (non-hydrogen) atoms. The van der Waals surface area contributed by atoms with E-state index in [2.05, 4.69) is 41.5 Å². The molecule has 226 valence electrons. The van der Waals surface area contributed by atoms with Crippen molar-refractivity contribution < 1.29 is 31.1 Å². The molecule has 0 bridgehead atoms. The van der Waals surface area contributed by atoms with Crippen molar-refractivity contribution in [1.82, 2.24) is 9.47 Å². The highest BCUT2D eigenvalue weighted by Gasteiger charge is 2.30. The average Bonchev–Trinajstić information content (AvgIpc) is 3.23. The molecule has 1 aromatic heterocycles. The van der Waals surface area contributed by atoms with Crippen LogP contribution >= 0.6 is 0 Å². The fourth-order valence-corrected chi connectivity index (χ4v) is 5.86. The zero-order valence-corrected chi connectivity index (χ0v) is 24.8. The van der Waals surface area contributed by atoms with E-state index >= 15 is 0 Å². The van der Waals surface area contributed by atoms with Crippen LogP contribution in [0.25, 0.3) is 10.9 Å². The molecular formula is C30H35F3N4O4S. The van der Waals surface area contributed by atoms with Crippen molar-refractivity contribution in [2.75, 3.05) is 37.6 Å². The van der Waals surface area contributed by atoms with E-state index in [4.69, 9.17) is 4.74 Å². The lowest BCUT2D eigenvalue weighted by atomic mass is 9.90. The van der Waals surface area contributed by atoms with Crippen LogP contribution in [0.4, 0.5) is 24.5 Å². The lowest BCUT2D eigenvalue weighted by Gasteiger charge is -2.33. The first-order chi connectivity index (χ1) is 19.7. The number of halogens is 3. The topological polar surface area (TPSA) is 92.7 Å². The number of sulfone groups is 1. The lowest BCUT2D eigenvalue weighted by molar-refractivity contribution is -0.140. The van der Waals surface area contributed by atoms with E-state index in [1.54, 1.807) is 18.2 Å². The predicted octanol–water partition coefficient (Wildman–Crippen LogP) is 5.28. The second-order valence-corrected chi connectivity index (χ2v) is 12.8. The number of nitrogens with one attached hydrogen (secondary N) is 2. The van der Waals surface area contributed by atoms with Gasteiger partial charge in [0.25, 0.3) is 0 Å². The molecule has 1 saturated carbocycles. The minimum Gasteiger partial charge on any atom is -0.479 e. The number of benzene rings is 2. The van der Waals surface area contributed by atoms with E-state index in [0.29, 0.717) is 16.9 Å². The summed E-state index contributed by atoms with van der Waals surface area (Å²) in [5.74, 6) is 5.33. The third kappa shape index (κ3) is 7.98. The quantitative estimate of drug-likeness (QED) is 0.340. The number of hydrogen-bond donors (Lipinski definition) is 2. The molecule has 0 saturated heterocycles. The normalized spacial score (nSPS) is 17.5. The van der Waals surface area contributed by atoms with Gasteiger partial charge < -0.3 is 24.8 Å². The average molecular weight is 605 g/mol. The van der Waals surface area contributed by atoms with Crippen LogP contribution in [0.15, 0.2) is 47.4 Å². The summed E-state index contributed by atoms with van der Waals surface area (Å²) in [6, 6.07) is 11.7. The number of amides is 1. The Kier molecular flexibility index (Phi) is 9.43. The molecule has 1 amide bonds. The van der Waals surface area contributed by atoms with Crippen LogP contribution in [0.5, 0.6) is 5.75 Å². The van der Waals surface area contributed by atoms with Crippen molar-refractivity contribution in [1.29, 1.82) is 0 Å². The highest BCUT2D eigenvalue weighted by molar-refractivity contribution is 7.90. The summed E-state index contributed by atoms with van der Waals surface area (Å²) >= 11 is 0. The molecule has 8 nitrogen and oxygen atoms in total. The monoisotopic (exact) mass is 604 g/mol. The van der Waals surface area contributed by atoms with Gasteiger partial charge in [-0.1, -0.05) is 12.0 Å². The van der Waals surface area contributed by atoms with E-state index in [1.807, 2.05) is 6.07 Å². The van der Waals surface area contributed by atoms with Crippen LogP contribution in [0, 0.1) is 11.8 Å². The molecule has 2 aromatic carbocycles. The van der Waals surface area contributed by atoms with Gasteiger partial charge in [-0.2, -0.15) is 13.2 Å². The number of anilines is 2. The number of rotatable bonds is 8. The van der Waals surface area contributed by atoms with Crippen LogP contribution in [0.1, 0.15) is 38.3 Å². The Hall–Kier alpha value is -3.69. The summed E-state index contributed by atoms with van der Waals surface area (Å²) in [6.07, 6.45) is 0.625. The first-order valence-corrected chi connectivity index (χ1v) is 15.5. The molecule has 0 atom stereocenters. The van der Waals surface area contributed by atoms with Crippen molar-refractivity contribution in [2.24, 2.45) is 0 Å². The van der Waals surface area contributed by atoms with Crippen molar-refractivity contribution in [2.45, 2.75) is 62.3 Å². The molecule has 1 heterocycles. The molecule has 0 aliphatic heterocycles. The van der Waals surface area contributed by atoms with Crippen LogP contribution < -0.4 is 15.4 Å². The Morgan fingerprint density at radius 1 is 1.10 bits per heavy atom. The highest BCUT2D eigenvalue weighted by Crippen LogP contribution is 2.33. The molecule has 1 aliphatic carbocycles. The molecule has 12 heteroatoms. The fraction of sp³-hybridized carbons (Fsp3) is 0.433. The van der Waals surface area contributed by atoms with Crippen molar-refractivity contribution >= 4 is 38.0 Å². The van der Waals surface area contributed by atoms with Crippen LogP contribution in [0.3, 0.4) is 0 Å². The van der Waals surface area contributed by atoms with E-state index in [-0.39, 0.29) is 34.7 Å². The Morgan fingerprint density at radius 2 is 1.81 bits per heavy atom. The molecule has 0 spiro atoms. The highest BCUT2D eigenvalue weighted by atomic mass is 32.2. The SMILES string of the molecule is CC(=O)Nc1cc(S(C)(=O)=O)ccc1OCC#Cc1cc2c(N[C@H]3CC[C@H](N(C)C)CC3)cccc2n1CC(F)(F)F. The number of aromatic nitrogens is 1. The van der Waals surface area contributed by atoms with E-state index < -0.39 is 28.5 Å². The smallest absolute Gasteiger partial charge is 0.406 e. The predicted molar refractivity (Wildman–Crippen MR) is 158 cm³/mol. The number of carbonyl (C=O) groups excluding carboxylic acids is 1. The molecule has 1 fully saturated rings. The van der Waals surface area contributed by atoms with Gasteiger partial charge in [0.15, 0.2) is 9.84 Å². The summed E-state index contributed by atoms with van der Waals surface area (Å²) in [7, 11) is 0.625. The summed E-state index contributed by atoms with van der Waals surface area (Å²) in [4.78, 5) is 13.9. The molecule has 1 aliphatic rings. The number of alkyl halides is 3.